The van der Waals surface area contributed by atoms with Crippen molar-refractivity contribution in [3.63, 3.8) is 0 Å². The Morgan fingerprint density at radius 3 is 2.56 bits per heavy atom. The second-order valence-electron chi connectivity index (χ2n) is 6.09. The van der Waals surface area contributed by atoms with Crippen molar-refractivity contribution in [3.05, 3.63) is 51.3 Å². The first kappa shape index (κ1) is 20.4. The van der Waals surface area contributed by atoms with Gasteiger partial charge in [0.05, 0.1) is 18.1 Å². The molecule has 27 heavy (non-hydrogen) atoms. The summed E-state index contributed by atoms with van der Waals surface area (Å²) in [6, 6.07) is 5.85. The number of aromatic nitrogens is 1. The van der Waals surface area contributed by atoms with Gasteiger partial charge in [0.1, 0.15) is 0 Å². The minimum atomic E-state index is -0.526. The molecule has 1 aromatic heterocycles. The Kier molecular flexibility index (Phi) is 6.95. The first-order valence-electron chi connectivity index (χ1n) is 8.53. The summed E-state index contributed by atoms with van der Waals surface area (Å²) in [7, 11) is 3.09. The number of nitrogens with zero attached hydrogens (tertiary/aromatic N) is 2. The molecule has 0 spiro atoms. The average Bonchev–Trinajstić information content (AvgIpc) is 2.94. The maximum atomic E-state index is 12.6. The van der Waals surface area contributed by atoms with Gasteiger partial charge in [0.2, 0.25) is 5.78 Å². The van der Waals surface area contributed by atoms with E-state index in [1.807, 2.05) is 19.9 Å². The van der Waals surface area contributed by atoms with Crippen LogP contribution in [0.5, 0.6) is 11.5 Å². The summed E-state index contributed by atoms with van der Waals surface area (Å²) in [6.45, 7) is 5.01. The predicted octanol–water partition coefficient (Wildman–Crippen LogP) is 3.32. The maximum absolute atomic E-state index is 12.6. The summed E-state index contributed by atoms with van der Waals surface area (Å²) in [6.07, 6.45) is 0.849. The van der Waals surface area contributed by atoms with E-state index in [0.717, 1.165) is 24.4 Å². The number of aryl methyl sites for hydroxylation is 1. The Hall–Kier alpha value is -2.87. The summed E-state index contributed by atoms with van der Waals surface area (Å²) in [5.41, 5.74) is 2.30. The number of nitro benzene ring substituents is 1. The number of ketones is 1. The Labute approximate surface area is 157 Å². The third kappa shape index (κ3) is 4.85. The molecule has 146 valence electrons. The summed E-state index contributed by atoms with van der Waals surface area (Å²) >= 11 is 0. The van der Waals surface area contributed by atoms with Crippen molar-refractivity contribution >= 4 is 11.5 Å². The Morgan fingerprint density at radius 2 is 1.93 bits per heavy atom. The van der Waals surface area contributed by atoms with Gasteiger partial charge in [-0.3, -0.25) is 14.9 Å². The molecule has 0 fully saturated rings. The second-order valence-corrected chi connectivity index (χ2v) is 6.09. The van der Waals surface area contributed by atoms with Crippen LogP contribution in [-0.4, -0.2) is 42.7 Å². The molecule has 0 amide bonds. The zero-order valence-electron chi connectivity index (χ0n) is 16.0. The lowest BCUT2D eigenvalue weighted by Gasteiger charge is -2.11. The molecule has 0 aliphatic rings. The number of benzene rings is 1. The van der Waals surface area contributed by atoms with Crippen LogP contribution < -0.4 is 9.47 Å². The molecule has 1 aromatic carbocycles. The van der Waals surface area contributed by atoms with Crippen molar-refractivity contribution in [2.24, 2.45) is 0 Å². The van der Waals surface area contributed by atoms with Crippen molar-refractivity contribution in [1.82, 2.24) is 4.57 Å². The number of hydrogen-bond acceptors (Lipinski definition) is 6. The summed E-state index contributed by atoms with van der Waals surface area (Å²) < 4.78 is 17.8. The minimum absolute atomic E-state index is 0.130. The summed E-state index contributed by atoms with van der Waals surface area (Å²) in [4.78, 5) is 23.0. The van der Waals surface area contributed by atoms with E-state index in [-0.39, 0.29) is 23.8 Å². The number of nitro groups is 1. The second kappa shape index (κ2) is 9.18. The molecule has 0 saturated heterocycles. The number of ether oxygens (including phenoxy) is 3. The van der Waals surface area contributed by atoms with E-state index < -0.39 is 4.92 Å². The van der Waals surface area contributed by atoms with Gasteiger partial charge in [-0.05, 0) is 32.4 Å². The van der Waals surface area contributed by atoms with Gasteiger partial charge in [0.25, 0.3) is 5.69 Å². The number of methoxy groups -OCH3 is 2. The summed E-state index contributed by atoms with van der Waals surface area (Å²) in [5, 5.41) is 10.9. The number of carbonyl (C=O) groups excluding carboxylic acids is 1. The Balaban J connectivity index is 2.13. The first-order valence-corrected chi connectivity index (χ1v) is 8.53. The smallest absolute Gasteiger partial charge is 0.273 e. The zero-order valence-corrected chi connectivity index (χ0v) is 16.0. The molecule has 2 rings (SSSR count). The average molecular weight is 376 g/mol. The normalized spacial score (nSPS) is 10.7. The van der Waals surface area contributed by atoms with Crippen LogP contribution in [0.2, 0.25) is 0 Å². The van der Waals surface area contributed by atoms with Crippen LogP contribution in [0.3, 0.4) is 0 Å². The number of hydrogen-bond donors (Lipinski definition) is 0. The van der Waals surface area contributed by atoms with Crippen LogP contribution >= 0.6 is 0 Å². The standard InChI is InChI=1S/C19H24N2O6/c1-13-10-16(14(2)20(13)8-5-9-25-3)17(22)12-27-19-11-15(21(23)24)6-7-18(19)26-4/h6-7,10-11H,5,8-9,12H2,1-4H3. The minimum Gasteiger partial charge on any atom is -0.493 e. The quantitative estimate of drug-likeness (QED) is 0.273. The fourth-order valence-electron chi connectivity index (χ4n) is 2.91. The fourth-order valence-corrected chi connectivity index (χ4v) is 2.91. The Morgan fingerprint density at radius 1 is 1.19 bits per heavy atom. The van der Waals surface area contributed by atoms with Gasteiger partial charge in [0.15, 0.2) is 18.1 Å². The van der Waals surface area contributed by atoms with Crippen molar-refractivity contribution < 1.29 is 23.9 Å². The highest BCUT2D eigenvalue weighted by molar-refractivity contribution is 5.98. The SMILES string of the molecule is COCCCn1c(C)cc(C(=O)COc2cc([N+](=O)[O-])ccc2OC)c1C. The molecule has 0 atom stereocenters. The number of Topliss-reactive ketones (excluding diaryl/α,β-unsaturated/α-hetero) is 1. The molecule has 0 aliphatic heterocycles. The van der Waals surface area contributed by atoms with Gasteiger partial charge in [0, 0.05) is 43.3 Å². The first-order chi connectivity index (χ1) is 12.9. The van der Waals surface area contributed by atoms with Crippen molar-refractivity contribution in [2.75, 3.05) is 27.4 Å². The molecule has 0 saturated carbocycles. The lowest BCUT2D eigenvalue weighted by molar-refractivity contribution is -0.385. The van der Waals surface area contributed by atoms with E-state index in [1.54, 1.807) is 7.11 Å². The van der Waals surface area contributed by atoms with E-state index in [9.17, 15) is 14.9 Å². The molecule has 0 unspecified atom stereocenters. The number of non-ortho nitro benzene ring substituents is 1. The topological polar surface area (TPSA) is 92.8 Å². The fraction of sp³-hybridized carbons (Fsp3) is 0.421. The maximum Gasteiger partial charge on any atom is 0.273 e. The van der Waals surface area contributed by atoms with Gasteiger partial charge in [-0.25, -0.2) is 0 Å². The predicted molar refractivity (Wildman–Crippen MR) is 99.9 cm³/mol. The third-order valence-electron chi connectivity index (χ3n) is 4.32. The van der Waals surface area contributed by atoms with Gasteiger partial charge in [-0.15, -0.1) is 0 Å². The van der Waals surface area contributed by atoms with E-state index in [0.29, 0.717) is 17.9 Å². The van der Waals surface area contributed by atoms with E-state index in [1.165, 1.54) is 25.3 Å². The molecule has 0 bridgehead atoms. The van der Waals surface area contributed by atoms with E-state index in [4.69, 9.17) is 14.2 Å². The highest BCUT2D eigenvalue weighted by Gasteiger charge is 2.18. The van der Waals surface area contributed by atoms with Gasteiger partial charge >= 0.3 is 0 Å². The van der Waals surface area contributed by atoms with Gasteiger partial charge in [-0.1, -0.05) is 0 Å². The molecule has 2 aromatic rings. The molecule has 0 radical (unpaired) electrons. The molecule has 0 aliphatic carbocycles. The van der Waals surface area contributed by atoms with Crippen LogP contribution in [0, 0.1) is 24.0 Å². The van der Waals surface area contributed by atoms with Crippen molar-refractivity contribution in [1.29, 1.82) is 0 Å². The lowest BCUT2D eigenvalue weighted by Crippen LogP contribution is -2.13. The van der Waals surface area contributed by atoms with Crippen LogP contribution in [0.25, 0.3) is 0 Å². The molecular weight excluding hydrogens is 352 g/mol. The van der Waals surface area contributed by atoms with Gasteiger partial charge in [-0.2, -0.15) is 0 Å². The van der Waals surface area contributed by atoms with Crippen LogP contribution in [-0.2, 0) is 11.3 Å². The number of carbonyl (C=O) groups is 1. The monoisotopic (exact) mass is 376 g/mol. The van der Waals surface area contributed by atoms with Crippen molar-refractivity contribution in [2.45, 2.75) is 26.8 Å². The van der Waals surface area contributed by atoms with E-state index in [2.05, 4.69) is 4.57 Å². The molecule has 1 heterocycles. The molecule has 8 heteroatoms. The van der Waals surface area contributed by atoms with E-state index >= 15 is 0 Å². The largest absolute Gasteiger partial charge is 0.493 e. The third-order valence-corrected chi connectivity index (χ3v) is 4.32. The zero-order chi connectivity index (χ0) is 20.0. The number of rotatable bonds is 10. The van der Waals surface area contributed by atoms with Crippen molar-refractivity contribution in [3.8, 4) is 11.5 Å². The highest BCUT2D eigenvalue weighted by atomic mass is 16.6. The Bertz CT molecular complexity index is 828. The highest BCUT2D eigenvalue weighted by Crippen LogP contribution is 2.31. The van der Waals surface area contributed by atoms with Crippen LogP contribution in [0.15, 0.2) is 24.3 Å². The van der Waals surface area contributed by atoms with Crippen LogP contribution in [0.1, 0.15) is 28.2 Å². The molecular formula is C19H24N2O6. The molecule has 0 N–H and O–H groups in total. The van der Waals surface area contributed by atoms with Crippen LogP contribution in [0.4, 0.5) is 5.69 Å². The lowest BCUT2D eigenvalue weighted by atomic mass is 10.1. The summed E-state index contributed by atoms with van der Waals surface area (Å²) in [5.74, 6) is 0.294. The molecule has 8 nitrogen and oxygen atoms in total. The van der Waals surface area contributed by atoms with Gasteiger partial charge < -0.3 is 18.8 Å².